The standard InChI is InChI=1S/C25H22ClN3O4/c1-15-23(24(30)25(31)28-20-10-11-27-13-22(20)33-3)19-12-18(32-2)8-9-21(19)29(15)14-16-4-6-17(26)7-5-16/h4-13H,14H2,1-3H3,(H,27,28,31). The summed E-state index contributed by atoms with van der Waals surface area (Å²) in [6.45, 7) is 2.34. The molecule has 1 amide bonds. The van der Waals surface area contributed by atoms with E-state index in [1.54, 1.807) is 19.2 Å². The van der Waals surface area contributed by atoms with Crippen LogP contribution in [0.4, 0.5) is 5.69 Å². The highest BCUT2D eigenvalue weighted by atomic mass is 35.5. The zero-order valence-corrected chi connectivity index (χ0v) is 19.1. The summed E-state index contributed by atoms with van der Waals surface area (Å²) in [5.41, 5.74) is 3.20. The molecule has 0 unspecified atom stereocenters. The fraction of sp³-hybridized carbons (Fsp3) is 0.160. The SMILES string of the molecule is COc1ccc2c(c1)c(C(=O)C(=O)Nc1ccncc1OC)c(C)n2Cc1ccc(Cl)cc1. The van der Waals surface area contributed by atoms with Crippen molar-refractivity contribution in [3.05, 3.63) is 82.8 Å². The molecule has 7 nitrogen and oxygen atoms in total. The van der Waals surface area contributed by atoms with Gasteiger partial charge >= 0.3 is 0 Å². The molecule has 8 heteroatoms. The summed E-state index contributed by atoms with van der Waals surface area (Å²) in [4.78, 5) is 30.3. The van der Waals surface area contributed by atoms with Gasteiger partial charge in [0.1, 0.15) is 5.75 Å². The maximum atomic E-state index is 13.4. The first-order valence-corrected chi connectivity index (χ1v) is 10.6. The number of fused-ring (bicyclic) bond motifs is 1. The van der Waals surface area contributed by atoms with Crippen LogP contribution in [-0.4, -0.2) is 35.5 Å². The number of benzene rings is 2. The van der Waals surface area contributed by atoms with Crippen molar-refractivity contribution in [3.63, 3.8) is 0 Å². The van der Waals surface area contributed by atoms with Crippen molar-refractivity contribution >= 4 is 39.9 Å². The van der Waals surface area contributed by atoms with Crippen LogP contribution in [-0.2, 0) is 11.3 Å². The molecule has 1 N–H and O–H groups in total. The second-order valence-corrected chi connectivity index (χ2v) is 7.85. The summed E-state index contributed by atoms with van der Waals surface area (Å²) < 4.78 is 12.6. The Bertz CT molecular complexity index is 1350. The first kappa shape index (κ1) is 22.4. The number of Topliss-reactive ketones (excluding diaryl/α,β-unsaturated/α-hetero) is 1. The van der Waals surface area contributed by atoms with Crippen LogP contribution in [0.15, 0.2) is 60.9 Å². The van der Waals surface area contributed by atoms with Crippen molar-refractivity contribution in [1.82, 2.24) is 9.55 Å². The quantitative estimate of drug-likeness (QED) is 0.312. The molecule has 0 aliphatic carbocycles. The van der Waals surface area contributed by atoms with Crippen molar-refractivity contribution in [3.8, 4) is 11.5 Å². The minimum Gasteiger partial charge on any atom is -0.497 e. The number of nitrogens with one attached hydrogen (secondary N) is 1. The predicted octanol–water partition coefficient (Wildman–Crippen LogP) is 4.89. The molecular formula is C25H22ClN3O4. The monoisotopic (exact) mass is 463 g/mol. The Balaban J connectivity index is 1.77. The molecule has 4 aromatic rings. The lowest BCUT2D eigenvalue weighted by Crippen LogP contribution is -2.24. The van der Waals surface area contributed by atoms with Gasteiger partial charge in [-0.15, -0.1) is 0 Å². The van der Waals surface area contributed by atoms with Crippen LogP contribution < -0.4 is 14.8 Å². The maximum Gasteiger partial charge on any atom is 0.296 e. The molecule has 0 radical (unpaired) electrons. The molecule has 0 bridgehead atoms. The molecule has 0 atom stereocenters. The maximum absolute atomic E-state index is 13.4. The molecule has 2 aromatic heterocycles. The predicted molar refractivity (Wildman–Crippen MR) is 128 cm³/mol. The average molecular weight is 464 g/mol. The molecule has 0 saturated heterocycles. The van der Waals surface area contributed by atoms with Gasteiger partial charge in [-0.05, 0) is 48.9 Å². The Morgan fingerprint density at radius 1 is 1.06 bits per heavy atom. The van der Waals surface area contributed by atoms with Gasteiger partial charge in [-0.1, -0.05) is 23.7 Å². The highest BCUT2D eigenvalue weighted by Crippen LogP contribution is 2.31. The van der Waals surface area contributed by atoms with Crippen molar-refractivity contribution in [1.29, 1.82) is 0 Å². The van der Waals surface area contributed by atoms with Crippen LogP contribution in [0, 0.1) is 6.92 Å². The topological polar surface area (TPSA) is 82.5 Å². The van der Waals surface area contributed by atoms with Gasteiger partial charge in [-0.25, -0.2) is 0 Å². The van der Waals surface area contributed by atoms with Gasteiger partial charge in [0.2, 0.25) is 0 Å². The summed E-state index contributed by atoms with van der Waals surface area (Å²) in [6, 6.07) is 14.6. The molecule has 0 aliphatic heterocycles. The summed E-state index contributed by atoms with van der Waals surface area (Å²) in [7, 11) is 3.03. The van der Waals surface area contributed by atoms with Crippen molar-refractivity contribution in [2.75, 3.05) is 19.5 Å². The number of ether oxygens (including phenoxy) is 2. The highest BCUT2D eigenvalue weighted by molar-refractivity contribution is 6.48. The smallest absolute Gasteiger partial charge is 0.296 e. The number of carbonyl (C=O) groups excluding carboxylic acids is 2. The molecular weight excluding hydrogens is 442 g/mol. The van der Waals surface area contributed by atoms with E-state index in [2.05, 4.69) is 10.3 Å². The second kappa shape index (κ2) is 9.34. The fourth-order valence-corrected chi connectivity index (χ4v) is 3.92. The van der Waals surface area contributed by atoms with Crippen molar-refractivity contribution in [2.45, 2.75) is 13.5 Å². The van der Waals surface area contributed by atoms with E-state index in [1.165, 1.54) is 19.5 Å². The van der Waals surface area contributed by atoms with Gasteiger partial charge in [0.25, 0.3) is 11.7 Å². The van der Waals surface area contributed by atoms with E-state index in [9.17, 15) is 9.59 Å². The molecule has 0 fully saturated rings. The largest absolute Gasteiger partial charge is 0.497 e. The van der Waals surface area contributed by atoms with Gasteiger partial charge in [0.15, 0.2) is 5.75 Å². The number of anilines is 1. The fourth-order valence-electron chi connectivity index (χ4n) is 3.79. The number of amides is 1. The van der Waals surface area contributed by atoms with Gasteiger partial charge < -0.3 is 19.4 Å². The molecule has 2 heterocycles. The van der Waals surface area contributed by atoms with E-state index in [-0.39, 0.29) is 0 Å². The van der Waals surface area contributed by atoms with Crippen LogP contribution in [0.5, 0.6) is 11.5 Å². The van der Waals surface area contributed by atoms with E-state index in [1.807, 2.05) is 47.9 Å². The Labute approximate surface area is 195 Å². The van der Waals surface area contributed by atoms with E-state index >= 15 is 0 Å². The lowest BCUT2D eigenvalue weighted by Gasteiger charge is -2.10. The van der Waals surface area contributed by atoms with Crippen molar-refractivity contribution < 1.29 is 19.1 Å². The lowest BCUT2D eigenvalue weighted by atomic mass is 10.1. The Morgan fingerprint density at radius 3 is 2.52 bits per heavy atom. The molecule has 0 aliphatic rings. The van der Waals surface area contributed by atoms with E-state index in [0.717, 1.165) is 11.1 Å². The summed E-state index contributed by atoms with van der Waals surface area (Å²) in [6.07, 6.45) is 2.98. The number of hydrogen-bond donors (Lipinski definition) is 1. The number of aromatic nitrogens is 2. The summed E-state index contributed by atoms with van der Waals surface area (Å²) in [5, 5.41) is 3.93. The second-order valence-electron chi connectivity index (χ2n) is 7.42. The Morgan fingerprint density at radius 2 is 1.82 bits per heavy atom. The number of ketones is 1. The average Bonchev–Trinajstić information content (AvgIpc) is 3.10. The van der Waals surface area contributed by atoms with Crippen molar-refractivity contribution in [2.24, 2.45) is 0 Å². The number of rotatable bonds is 7. The first-order valence-electron chi connectivity index (χ1n) is 10.2. The van der Waals surface area contributed by atoms with Crippen LogP contribution in [0.1, 0.15) is 21.6 Å². The summed E-state index contributed by atoms with van der Waals surface area (Å²) >= 11 is 6.02. The van der Waals surface area contributed by atoms with Gasteiger partial charge in [0.05, 0.1) is 31.7 Å². The molecule has 33 heavy (non-hydrogen) atoms. The number of hydrogen-bond acceptors (Lipinski definition) is 5. The lowest BCUT2D eigenvalue weighted by molar-refractivity contribution is -0.112. The number of pyridine rings is 1. The van der Waals surface area contributed by atoms with E-state index in [0.29, 0.717) is 45.4 Å². The molecule has 4 rings (SSSR count). The van der Waals surface area contributed by atoms with Gasteiger partial charge in [-0.2, -0.15) is 0 Å². The molecule has 168 valence electrons. The molecule has 0 saturated carbocycles. The van der Waals surface area contributed by atoms with E-state index in [4.69, 9.17) is 21.1 Å². The molecule has 0 spiro atoms. The normalized spacial score (nSPS) is 10.8. The summed E-state index contributed by atoms with van der Waals surface area (Å²) in [5.74, 6) is -0.464. The van der Waals surface area contributed by atoms with Crippen LogP contribution in [0.25, 0.3) is 10.9 Å². The highest BCUT2D eigenvalue weighted by Gasteiger charge is 2.26. The van der Waals surface area contributed by atoms with E-state index < -0.39 is 11.7 Å². The third kappa shape index (κ3) is 4.40. The minimum absolute atomic E-state index is 0.323. The zero-order valence-electron chi connectivity index (χ0n) is 18.4. The van der Waals surface area contributed by atoms with Gasteiger partial charge in [0, 0.05) is 34.4 Å². The molecule has 2 aromatic carbocycles. The van der Waals surface area contributed by atoms with Crippen LogP contribution >= 0.6 is 11.6 Å². The number of methoxy groups -OCH3 is 2. The van der Waals surface area contributed by atoms with Crippen LogP contribution in [0.2, 0.25) is 5.02 Å². The Hall–Kier alpha value is -3.84. The third-order valence-electron chi connectivity index (χ3n) is 5.47. The third-order valence-corrected chi connectivity index (χ3v) is 5.72. The Kier molecular flexibility index (Phi) is 6.33. The van der Waals surface area contributed by atoms with Gasteiger partial charge in [-0.3, -0.25) is 14.6 Å². The first-order chi connectivity index (χ1) is 15.9. The number of nitrogens with zero attached hydrogens (tertiary/aromatic N) is 2. The minimum atomic E-state index is -0.768. The van der Waals surface area contributed by atoms with Crippen LogP contribution in [0.3, 0.4) is 0 Å². The number of carbonyl (C=O) groups is 2. The number of halogens is 1. The zero-order chi connectivity index (χ0) is 23.5.